The van der Waals surface area contributed by atoms with E-state index in [1.165, 1.54) is 7.11 Å². The highest BCUT2D eigenvalue weighted by Gasteiger charge is 2.28. The van der Waals surface area contributed by atoms with Crippen molar-refractivity contribution in [2.24, 2.45) is 5.92 Å². The van der Waals surface area contributed by atoms with Gasteiger partial charge in [-0.25, -0.2) is 0 Å². The summed E-state index contributed by atoms with van der Waals surface area (Å²) in [5, 5.41) is 0. The predicted octanol–water partition coefficient (Wildman–Crippen LogP) is 2.68. The zero-order chi connectivity index (χ0) is 14.0. The molecule has 0 saturated carbocycles. The molecule has 0 bridgehead atoms. The Kier molecular flexibility index (Phi) is 3.98. The maximum atomic E-state index is 12.0. The molecule has 2 rings (SSSR count). The lowest BCUT2D eigenvalue weighted by Crippen LogP contribution is -2.22. The van der Waals surface area contributed by atoms with E-state index < -0.39 is 0 Å². The highest BCUT2D eigenvalue weighted by molar-refractivity contribution is 5.79. The average Bonchev–Trinajstić information content (AvgIpc) is 2.39. The van der Waals surface area contributed by atoms with Crippen LogP contribution in [0.3, 0.4) is 0 Å². The molecule has 4 heteroatoms. The molecule has 1 unspecified atom stereocenters. The van der Waals surface area contributed by atoms with Crippen molar-refractivity contribution in [3.05, 3.63) is 23.3 Å². The third kappa shape index (κ3) is 2.67. The number of aryl methyl sites for hydroxylation is 1. The lowest BCUT2D eigenvalue weighted by atomic mass is 9.85. The Hall–Kier alpha value is -1.71. The van der Waals surface area contributed by atoms with Gasteiger partial charge < -0.3 is 14.2 Å². The van der Waals surface area contributed by atoms with Crippen molar-refractivity contribution < 1.29 is 19.0 Å². The number of methoxy groups -OCH3 is 1. The second-order valence-corrected chi connectivity index (χ2v) is 5.10. The van der Waals surface area contributed by atoms with Crippen LogP contribution in [0.2, 0.25) is 0 Å². The number of esters is 1. The van der Waals surface area contributed by atoms with Crippen LogP contribution >= 0.6 is 0 Å². The molecule has 0 saturated heterocycles. The molecular formula is C15H20O4. The van der Waals surface area contributed by atoms with E-state index in [4.69, 9.17) is 14.2 Å². The van der Waals surface area contributed by atoms with Gasteiger partial charge in [-0.1, -0.05) is 13.8 Å². The van der Waals surface area contributed by atoms with E-state index >= 15 is 0 Å². The quantitative estimate of drug-likeness (QED) is 0.787. The molecule has 0 N–H and O–H groups in total. The van der Waals surface area contributed by atoms with Crippen molar-refractivity contribution in [1.29, 1.82) is 0 Å². The summed E-state index contributed by atoms with van der Waals surface area (Å²) >= 11 is 0. The standard InChI is InChI=1S/C15H20O4/c1-9(2)14(15(16)17-4)11-8-13-12(7-10(11)3)18-5-6-19-13/h7-9,14H,5-6H2,1-4H3. The Morgan fingerprint density at radius 3 is 2.32 bits per heavy atom. The van der Waals surface area contributed by atoms with Gasteiger partial charge in [-0.05, 0) is 36.1 Å². The monoisotopic (exact) mass is 264 g/mol. The fourth-order valence-electron chi connectivity index (χ4n) is 2.43. The smallest absolute Gasteiger partial charge is 0.313 e. The number of hydrogen-bond donors (Lipinski definition) is 0. The molecule has 104 valence electrons. The van der Waals surface area contributed by atoms with Crippen molar-refractivity contribution >= 4 is 5.97 Å². The molecule has 1 aliphatic rings. The van der Waals surface area contributed by atoms with Gasteiger partial charge in [0.05, 0.1) is 13.0 Å². The number of fused-ring (bicyclic) bond motifs is 1. The molecule has 0 spiro atoms. The summed E-state index contributed by atoms with van der Waals surface area (Å²) in [6, 6.07) is 3.84. The Balaban J connectivity index is 2.45. The fourth-order valence-corrected chi connectivity index (χ4v) is 2.43. The Bertz CT molecular complexity index is 479. The van der Waals surface area contributed by atoms with Gasteiger partial charge in [-0.15, -0.1) is 0 Å². The Labute approximate surface area is 113 Å². The van der Waals surface area contributed by atoms with Crippen molar-refractivity contribution in [2.45, 2.75) is 26.7 Å². The molecule has 0 aromatic heterocycles. The lowest BCUT2D eigenvalue weighted by Gasteiger charge is -2.24. The van der Waals surface area contributed by atoms with E-state index in [2.05, 4.69) is 0 Å². The van der Waals surface area contributed by atoms with Gasteiger partial charge >= 0.3 is 5.97 Å². The zero-order valence-electron chi connectivity index (χ0n) is 11.9. The minimum Gasteiger partial charge on any atom is -0.486 e. The third-order valence-corrected chi connectivity index (χ3v) is 3.39. The molecule has 0 fully saturated rings. The van der Waals surface area contributed by atoms with Crippen LogP contribution in [0.15, 0.2) is 12.1 Å². The van der Waals surface area contributed by atoms with Gasteiger partial charge in [0.2, 0.25) is 0 Å². The summed E-state index contributed by atoms with van der Waals surface area (Å²) in [7, 11) is 1.42. The molecule has 1 aromatic rings. The number of hydrogen-bond acceptors (Lipinski definition) is 4. The van der Waals surface area contributed by atoms with Crippen molar-refractivity contribution in [3.8, 4) is 11.5 Å². The second-order valence-electron chi connectivity index (χ2n) is 5.10. The average molecular weight is 264 g/mol. The van der Waals surface area contributed by atoms with Gasteiger partial charge in [0.1, 0.15) is 13.2 Å². The number of carbonyl (C=O) groups excluding carboxylic acids is 1. The zero-order valence-corrected chi connectivity index (χ0v) is 11.9. The van der Waals surface area contributed by atoms with Gasteiger partial charge in [0.25, 0.3) is 0 Å². The third-order valence-electron chi connectivity index (χ3n) is 3.39. The molecule has 19 heavy (non-hydrogen) atoms. The second kappa shape index (κ2) is 5.51. The summed E-state index contributed by atoms with van der Waals surface area (Å²) in [5.74, 6) is 1.13. The van der Waals surface area contributed by atoms with E-state index in [0.29, 0.717) is 19.0 Å². The minimum absolute atomic E-state index is 0.161. The molecule has 1 heterocycles. The van der Waals surface area contributed by atoms with E-state index in [1.54, 1.807) is 0 Å². The van der Waals surface area contributed by atoms with Crippen LogP contribution in [0.5, 0.6) is 11.5 Å². The summed E-state index contributed by atoms with van der Waals surface area (Å²) in [6.45, 7) is 7.11. The van der Waals surface area contributed by atoms with E-state index in [0.717, 1.165) is 16.9 Å². The lowest BCUT2D eigenvalue weighted by molar-refractivity contribution is -0.143. The van der Waals surface area contributed by atoms with Crippen LogP contribution in [0.4, 0.5) is 0 Å². The Morgan fingerprint density at radius 2 is 1.79 bits per heavy atom. The SMILES string of the molecule is COC(=O)C(c1cc2c(cc1C)OCCO2)C(C)C. The van der Waals surface area contributed by atoms with Crippen LogP contribution in [-0.2, 0) is 9.53 Å². The number of ether oxygens (including phenoxy) is 3. The van der Waals surface area contributed by atoms with E-state index in [9.17, 15) is 4.79 Å². The van der Waals surface area contributed by atoms with Crippen LogP contribution < -0.4 is 9.47 Å². The molecular weight excluding hydrogens is 244 g/mol. The number of rotatable bonds is 3. The maximum absolute atomic E-state index is 12.0. The summed E-state index contributed by atoms with van der Waals surface area (Å²) in [5.41, 5.74) is 1.97. The highest BCUT2D eigenvalue weighted by Crippen LogP contribution is 2.38. The largest absolute Gasteiger partial charge is 0.486 e. The van der Waals surface area contributed by atoms with Gasteiger partial charge in [0.15, 0.2) is 11.5 Å². The predicted molar refractivity (Wildman–Crippen MR) is 71.8 cm³/mol. The van der Waals surface area contributed by atoms with Gasteiger partial charge in [0, 0.05) is 0 Å². The fraction of sp³-hybridized carbons (Fsp3) is 0.533. The number of carbonyl (C=O) groups is 1. The van der Waals surface area contributed by atoms with Crippen molar-refractivity contribution in [1.82, 2.24) is 0 Å². The topological polar surface area (TPSA) is 44.8 Å². The van der Waals surface area contributed by atoms with Crippen molar-refractivity contribution in [2.75, 3.05) is 20.3 Å². The minimum atomic E-state index is -0.277. The molecule has 0 aliphatic carbocycles. The normalized spacial score (nSPS) is 15.2. The van der Waals surface area contributed by atoms with E-state index in [1.807, 2.05) is 32.9 Å². The summed E-state index contributed by atoms with van der Waals surface area (Å²) in [4.78, 5) is 12.0. The van der Waals surface area contributed by atoms with Crippen LogP contribution in [0.25, 0.3) is 0 Å². The highest BCUT2D eigenvalue weighted by atomic mass is 16.6. The van der Waals surface area contributed by atoms with E-state index in [-0.39, 0.29) is 17.8 Å². The number of benzene rings is 1. The molecule has 4 nitrogen and oxygen atoms in total. The first-order chi connectivity index (χ1) is 9.04. The maximum Gasteiger partial charge on any atom is 0.313 e. The van der Waals surface area contributed by atoms with Gasteiger partial charge in [-0.2, -0.15) is 0 Å². The van der Waals surface area contributed by atoms with Gasteiger partial charge in [-0.3, -0.25) is 4.79 Å². The first-order valence-electron chi connectivity index (χ1n) is 6.52. The molecule has 1 aromatic carbocycles. The molecule has 1 aliphatic heterocycles. The molecule has 0 amide bonds. The van der Waals surface area contributed by atoms with Crippen LogP contribution in [0, 0.1) is 12.8 Å². The first-order valence-corrected chi connectivity index (χ1v) is 6.52. The Morgan fingerprint density at radius 1 is 1.21 bits per heavy atom. The molecule has 1 atom stereocenters. The van der Waals surface area contributed by atoms with Crippen molar-refractivity contribution in [3.63, 3.8) is 0 Å². The molecule has 0 radical (unpaired) electrons. The van der Waals surface area contributed by atoms with Crippen LogP contribution in [0.1, 0.15) is 30.9 Å². The first kappa shape index (κ1) is 13.7. The summed E-state index contributed by atoms with van der Waals surface area (Å²) in [6.07, 6.45) is 0. The summed E-state index contributed by atoms with van der Waals surface area (Å²) < 4.78 is 16.0. The van der Waals surface area contributed by atoms with Crippen LogP contribution in [-0.4, -0.2) is 26.3 Å².